The molecule has 0 aliphatic heterocycles. The third-order valence-electron chi connectivity index (χ3n) is 2.82. The average Bonchev–Trinajstić information content (AvgIpc) is 2.84. The van der Waals surface area contributed by atoms with Gasteiger partial charge in [-0.2, -0.15) is 0 Å². The first-order valence-electron chi connectivity index (χ1n) is 6.28. The van der Waals surface area contributed by atoms with Crippen LogP contribution >= 0.6 is 26.6 Å². The van der Waals surface area contributed by atoms with E-state index in [1.54, 1.807) is 18.6 Å². The summed E-state index contributed by atoms with van der Waals surface area (Å²) in [4.78, 5) is 4.12. The topological polar surface area (TPSA) is 61.2 Å². The van der Waals surface area contributed by atoms with Gasteiger partial charge < -0.3 is 9.30 Å². The van der Waals surface area contributed by atoms with E-state index in [1.165, 1.54) is 12.1 Å². The standard InChI is InChI=1S/C13H14BrClN2O3S/c1-2-5-17-9-16-7-10(17)8-20-13-4-3-11(6-12(13)14)21(15,18)19/h3-4,6-7,9H,2,5,8H2,1H3. The molecule has 114 valence electrons. The number of halogens is 2. The number of hydrogen-bond acceptors (Lipinski definition) is 4. The fourth-order valence-corrected chi connectivity index (χ4v) is 3.23. The van der Waals surface area contributed by atoms with Crippen molar-refractivity contribution in [1.29, 1.82) is 0 Å². The predicted octanol–water partition coefficient (Wildman–Crippen LogP) is 3.56. The SMILES string of the molecule is CCCn1cncc1COc1ccc(S(=O)(=O)Cl)cc1Br. The van der Waals surface area contributed by atoms with E-state index >= 15 is 0 Å². The van der Waals surface area contributed by atoms with Gasteiger partial charge in [-0.15, -0.1) is 0 Å². The van der Waals surface area contributed by atoms with E-state index in [4.69, 9.17) is 15.4 Å². The van der Waals surface area contributed by atoms with E-state index in [0.717, 1.165) is 18.7 Å². The number of hydrogen-bond donors (Lipinski definition) is 0. The first kappa shape index (κ1) is 16.3. The third-order valence-corrected chi connectivity index (χ3v) is 4.79. The Morgan fingerprint density at radius 3 is 2.81 bits per heavy atom. The van der Waals surface area contributed by atoms with Gasteiger partial charge in [-0.05, 0) is 40.5 Å². The number of nitrogens with zero attached hydrogens (tertiary/aromatic N) is 2. The van der Waals surface area contributed by atoms with Crippen LogP contribution in [0, 0.1) is 0 Å². The molecule has 1 heterocycles. The van der Waals surface area contributed by atoms with Crippen molar-refractivity contribution >= 4 is 35.7 Å². The molecule has 1 aromatic carbocycles. The summed E-state index contributed by atoms with van der Waals surface area (Å²) >= 11 is 3.28. The second-order valence-corrected chi connectivity index (χ2v) is 7.82. The molecule has 0 amide bonds. The van der Waals surface area contributed by atoms with E-state index in [1.807, 2.05) is 4.57 Å². The summed E-state index contributed by atoms with van der Waals surface area (Å²) in [7, 11) is 1.55. The molecule has 1 aromatic heterocycles. The molecule has 0 saturated heterocycles. The highest BCUT2D eigenvalue weighted by Crippen LogP contribution is 2.29. The van der Waals surface area contributed by atoms with E-state index in [-0.39, 0.29) is 4.90 Å². The van der Waals surface area contributed by atoms with Crippen LogP contribution in [0.25, 0.3) is 0 Å². The van der Waals surface area contributed by atoms with Crippen molar-refractivity contribution < 1.29 is 13.2 Å². The highest BCUT2D eigenvalue weighted by molar-refractivity contribution is 9.10. The van der Waals surface area contributed by atoms with Crippen molar-refractivity contribution in [2.75, 3.05) is 0 Å². The zero-order valence-corrected chi connectivity index (χ0v) is 14.4. The zero-order chi connectivity index (χ0) is 15.5. The minimum atomic E-state index is -3.74. The van der Waals surface area contributed by atoms with Crippen LogP contribution in [-0.4, -0.2) is 18.0 Å². The van der Waals surface area contributed by atoms with E-state index in [9.17, 15) is 8.42 Å². The van der Waals surface area contributed by atoms with Crippen LogP contribution in [0.2, 0.25) is 0 Å². The van der Waals surface area contributed by atoms with E-state index in [2.05, 4.69) is 27.8 Å². The molecule has 0 atom stereocenters. The molecule has 2 rings (SSSR count). The van der Waals surface area contributed by atoms with Crippen LogP contribution in [-0.2, 0) is 22.2 Å². The van der Waals surface area contributed by atoms with Gasteiger partial charge in [0.1, 0.15) is 12.4 Å². The second kappa shape index (κ2) is 6.81. The van der Waals surface area contributed by atoms with Gasteiger partial charge in [0.2, 0.25) is 0 Å². The summed E-state index contributed by atoms with van der Waals surface area (Å²) in [5.41, 5.74) is 0.956. The first-order valence-corrected chi connectivity index (χ1v) is 9.38. The lowest BCUT2D eigenvalue weighted by molar-refractivity contribution is 0.292. The zero-order valence-electron chi connectivity index (χ0n) is 11.3. The number of benzene rings is 1. The van der Waals surface area contributed by atoms with Crippen LogP contribution in [0.15, 0.2) is 40.1 Å². The largest absolute Gasteiger partial charge is 0.486 e. The molecular formula is C13H14BrClN2O3S. The van der Waals surface area contributed by atoms with Crippen molar-refractivity contribution in [2.24, 2.45) is 0 Å². The Bertz CT molecular complexity index is 731. The fourth-order valence-electron chi connectivity index (χ4n) is 1.81. The molecule has 0 aliphatic carbocycles. The van der Waals surface area contributed by atoms with Crippen LogP contribution in [0.1, 0.15) is 19.0 Å². The number of rotatable bonds is 6. The predicted molar refractivity (Wildman–Crippen MR) is 84.0 cm³/mol. The maximum Gasteiger partial charge on any atom is 0.261 e. The molecule has 0 spiro atoms. The maximum absolute atomic E-state index is 11.2. The van der Waals surface area contributed by atoms with Gasteiger partial charge in [-0.25, -0.2) is 13.4 Å². The molecule has 8 heteroatoms. The fraction of sp³-hybridized carbons (Fsp3) is 0.308. The summed E-state index contributed by atoms with van der Waals surface area (Å²) in [5, 5.41) is 0. The minimum absolute atomic E-state index is 0.0272. The van der Waals surface area contributed by atoms with Crippen LogP contribution in [0.4, 0.5) is 0 Å². The Hall–Kier alpha value is -1.05. The average molecular weight is 394 g/mol. The highest BCUT2D eigenvalue weighted by Gasteiger charge is 2.13. The van der Waals surface area contributed by atoms with E-state index < -0.39 is 9.05 Å². The van der Waals surface area contributed by atoms with Crippen molar-refractivity contribution in [3.05, 3.63) is 40.9 Å². The Kier molecular flexibility index (Phi) is 5.29. The first-order chi connectivity index (χ1) is 9.91. The van der Waals surface area contributed by atoms with Gasteiger partial charge in [0.25, 0.3) is 9.05 Å². The summed E-state index contributed by atoms with van der Waals surface area (Å²) < 4.78 is 30.7. The summed E-state index contributed by atoms with van der Waals surface area (Å²) in [6.45, 7) is 3.32. The molecule has 0 fully saturated rings. The van der Waals surface area contributed by atoms with Crippen molar-refractivity contribution in [2.45, 2.75) is 31.4 Å². The van der Waals surface area contributed by atoms with Crippen molar-refractivity contribution in [3.8, 4) is 5.75 Å². The normalized spacial score (nSPS) is 11.6. The summed E-state index contributed by atoms with van der Waals surface area (Å²) in [6.07, 6.45) is 4.52. The van der Waals surface area contributed by atoms with Crippen LogP contribution in [0.3, 0.4) is 0 Å². The molecule has 21 heavy (non-hydrogen) atoms. The van der Waals surface area contributed by atoms with Crippen LogP contribution < -0.4 is 4.74 Å². The smallest absolute Gasteiger partial charge is 0.261 e. The maximum atomic E-state index is 11.2. The van der Waals surface area contributed by atoms with Gasteiger partial charge in [0, 0.05) is 17.2 Å². The molecule has 5 nitrogen and oxygen atoms in total. The van der Waals surface area contributed by atoms with Gasteiger partial charge >= 0.3 is 0 Å². The lowest BCUT2D eigenvalue weighted by Gasteiger charge is -2.10. The Morgan fingerprint density at radius 1 is 1.43 bits per heavy atom. The lowest BCUT2D eigenvalue weighted by Crippen LogP contribution is -2.05. The monoisotopic (exact) mass is 392 g/mol. The molecule has 0 saturated carbocycles. The summed E-state index contributed by atoms with van der Waals surface area (Å²) in [6, 6.07) is 4.40. The number of aryl methyl sites for hydroxylation is 1. The van der Waals surface area contributed by atoms with Crippen LogP contribution in [0.5, 0.6) is 5.75 Å². The van der Waals surface area contributed by atoms with E-state index in [0.29, 0.717) is 16.8 Å². The third kappa shape index (κ3) is 4.21. The van der Waals surface area contributed by atoms with Gasteiger partial charge in [-0.3, -0.25) is 0 Å². The molecular weight excluding hydrogens is 380 g/mol. The quantitative estimate of drug-likeness (QED) is 0.704. The number of ether oxygens (including phenoxy) is 1. The van der Waals surface area contributed by atoms with Gasteiger partial charge in [0.15, 0.2) is 0 Å². The molecule has 0 unspecified atom stereocenters. The Morgan fingerprint density at radius 2 is 2.19 bits per heavy atom. The number of imidazole rings is 1. The van der Waals surface area contributed by atoms with Crippen molar-refractivity contribution in [3.63, 3.8) is 0 Å². The molecule has 0 bridgehead atoms. The Labute approximate surface area is 136 Å². The molecule has 0 N–H and O–H groups in total. The summed E-state index contributed by atoms with van der Waals surface area (Å²) in [5.74, 6) is 0.545. The minimum Gasteiger partial charge on any atom is -0.486 e. The second-order valence-electron chi connectivity index (χ2n) is 4.40. The lowest BCUT2D eigenvalue weighted by atomic mass is 10.3. The van der Waals surface area contributed by atoms with Gasteiger partial charge in [-0.1, -0.05) is 6.92 Å². The highest BCUT2D eigenvalue weighted by atomic mass is 79.9. The number of aromatic nitrogens is 2. The molecule has 2 aromatic rings. The van der Waals surface area contributed by atoms with Gasteiger partial charge in [0.05, 0.1) is 27.6 Å². The molecule has 0 radical (unpaired) electrons. The molecule has 0 aliphatic rings. The van der Waals surface area contributed by atoms with Crippen molar-refractivity contribution in [1.82, 2.24) is 9.55 Å². The Balaban J connectivity index is 2.12.